The first-order valence-electron chi connectivity index (χ1n) is 5.50. The molecule has 0 aliphatic heterocycles. The highest BCUT2D eigenvalue weighted by Gasteiger charge is 2.07. The van der Waals surface area contributed by atoms with Crippen molar-refractivity contribution in [3.63, 3.8) is 0 Å². The summed E-state index contributed by atoms with van der Waals surface area (Å²) >= 11 is 5.53. The maximum Gasteiger partial charge on any atom is 0.315 e. The van der Waals surface area contributed by atoms with Gasteiger partial charge in [0.2, 0.25) is 11.8 Å². The predicted molar refractivity (Wildman–Crippen MR) is 65.1 cm³/mol. The van der Waals surface area contributed by atoms with Crippen LogP contribution < -0.4 is 10.6 Å². The van der Waals surface area contributed by atoms with E-state index in [0.29, 0.717) is 30.7 Å². The molecular formula is C10H17ClN4O2. The van der Waals surface area contributed by atoms with E-state index in [1.165, 1.54) is 0 Å². The molecule has 96 valence electrons. The third kappa shape index (κ3) is 5.53. The molecule has 1 rings (SSSR count). The lowest BCUT2D eigenvalue weighted by Gasteiger charge is -2.07. The van der Waals surface area contributed by atoms with Crippen molar-refractivity contribution in [1.29, 1.82) is 0 Å². The van der Waals surface area contributed by atoms with Gasteiger partial charge in [-0.3, -0.25) is 4.79 Å². The van der Waals surface area contributed by atoms with Crippen molar-refractivity contribution in [1.82, 2.24) is 15.5 Å². The Morgan fingerprint density at radius 3 is 2.88 bits per heavy atom. The Bertz CT molecular complexity index is 354. The smallest absolute Gasteiger partial charge is 0.315 e. The van der Waals surface area contributed by atoms with Crippen molar-refractivity contribution >= 4 is 23.5 Å². The highest BCUT2D eigenvalue weighted by atomic mass is 35.5. The van der Waals surface area contributed by atoms with Gasteiger partial charge in [-0.1, -0.05) is 18.9 Å². The Kier molecular flexibility index (Phi) is 5.76. The number of carbonyl (C=O) groups is 1. The van der Waals surface area contributed by atoms with Crippen molar-refractivity contribution in [2.45, 2.75) is 20.3 Å². The molecule has 0 saturated heterocycles. The minimum atomic E-state index is -0.101. The van der Waals surface area contributed by atoms with Crippen LogP contribution in [0.1, 0.15) is 19.7 Å². The number of hydrogen-bond donors (Lipinski definition) is 2. The van der Waals surface area contributed by atoms with E-state index in [1.54, 1.807) is 0 Å². The molecule has 0 bridgehead atoms. The average molecular weight is 261 g/mol. The molecule has 0 aliphatic rings. The first kappa shape index (κ1) is 13.8. The number of halogens is 1. The molecule has 6 nitrogen and oxygen atoms in total. The highest BCUT2D eigenvalue weighted by Crippen LogP contribution is 2.05. The van der Waals surface area contributed by atoms with Crippen LogP contribution in [0.15, 0.2) is 4.42 Å². The second-order valence-electron chi connectivity index (χ2n) is 3.99. The molecule has 0 radical (unpaired) electrons. The molecule has 0 aliphatic carbocycles. The molecule has 1 aromatic rings. The number of carbonyl (C=O) groups excluding carboxylic acids is 1. The summed E-state index contributed by atoms with van der Waals surface area (Å²) in [4.78, 5) is 11.4. The fourth-order valence-corrected chi connectivity index (χ4v) is 1.20. The largest absolute Gasteiger partial charge is 0.408 e. The zero-order valence-electron chi connectivity index (χ0n) is 9.99. The Hall–Kier alpha value is -1.30. The van der Waals surface area contributed by atoms with E-state index in [2.05, 4.69) is 20.8 Å². The van der Waals surface area contributed by atoms with Gasteiger partial charge in [-0.05, 0) is 5.92 Å². The van der Waals surface area contributed by atoms with Crippen LogP contribution in [0.5, 0.6) is 0 Å². The highest BCUT2D eigenvalue weighted by molar-refractivity contribution is 6.17. The SMILES string of the molecule is CC(C)CNC(=O)CNc1nnc(CCCl)o1. The van der Waals surface area contributed by atoms with Gasteiger partial charge in [-0.15, -0.1) is 16.7 Å². The van der Waals surface area contributed by atoms with Gasteiger partial charge in [0.05, 0.1) is 6.54 Å². The summed E-state index contributed by atoms with van der Waals surface area (Å²) < 4.78 is 5.20. The van der Waals surface area contributed by atoms with Crippen LogP contribution in [-0.4, -0.2) is 35.1 Å². The van der Waals surface area contributed by atoms with Crippen molar-refractivity contribution in [2.24, 2.45) is 5.92 Å². The molecular weight excluding hydrogens is 244 g/mol. The maximum absolute atomic E-state index is 11.4. The maximum atomic E-state index is 11.4. The van der Waals surface area contributed by atoms with Crippen LogP contribution in [0.25, 0.3) is 0 Å². The van der Waals surface area contributed by atoms with E-state index in [9.17, 15) is 4.79 Å². The third-order valence-corrected chi connectivity index (χ3v) is 2.07. The van der Waals surface area contributed by atoms with Crippen molar-refractivity contribution < 1.29 is 9.21 Å². The minimum Gasteiger partial charge on any atom is -0.408 e. The zero-order chi connectivity index (χ0) is 12.7. The van der Waals surface area contributed by atoms with Crippen LogP contribution in [0.2, 0.25) is 0 Å². The molecule has 1 heterocycles. The molecule has 7 heteroatoms. The van der Waals surface area contributed by atoms with Crippen molar-refractivity contribution in [3.8, 4) is 0 Å². The van der Waals surface area contributed by atoms with Gasteiger partial charge in [0.15, 0.2) is 0 Å². The molecule has 0 atom stereocenters. The number of hydrogen-bond acceptors (Lipinski definition) is 5. The number of nitrogens with zero attached hydrogens (tertiary/aromatic N) is 2. The summed E-state index contributed by atoms with van der Waals surface area (Å²) in [5, 5.41) is 13.0. The fraction of sp³-hybridized carbons (Fsp3) is 0.700. The topological polar surface area (TPSA) is 80.0 Å². The number of rotatable bonds is 7. The molecule has 17 heavy (non-hydrogen) atoms. The number of amides is 1. The number of aromatic nitrogens is 2. The van der Waals surface area contributed by atoms with E-state index in [4.69, 9.17) is 16.0 Å². The van der Waals surface area contributed by atoms with E-state index in [-0.39, 0.29) is 18.5 Å². The van der Waals surface area contributed by atoms with Crippen LogP contribution in [0.4, 0.5) is 6.01 Å². The minimum absolute atomic E-state index is 0.101. The number of nitrogens with one attached hydrogen (secondary N) is 2. The summed E-state index contributed by atoms with van der Waals surface area (Å²) in [5.41, 5.74) is 0. The van der Waals surface area contributed by atoms with Gasteiger partial charge in [-0.25, -0.2) is 0 Å². The first-order valence-corrected chi connectivity index (χ1v) is 6.04. The van der Waals surface area contributed by atoms with Crippen LogP contribution in [-0.2, 0) is 11.2 Å². The van der Waals surface area contributed by atoms with E-state index < -0.39 is 0 Å². The molecule has 0 spiro atoms. The lowest BCUT2D eigenvalue weighted by atomic mass is 10.2. The van der Waals surface area contributed by atoms with Crippen molar-refractivity contribution in [3.05, 3.63) is 5.89 Å². The summed E-state index contributed by atoms with van der Waals surface area (Å²) in [5.74, 6) is 1.22. The van der Waals surface area contributed by atoms with Crippen molar-refractivity contribution in [2.75, 3.05) is 24.3 Å². The fourth-order valence-electron chi connectivity index (χ4n) is 1.04. The molecule has 2 N–H and O–H groups in total. The Labute approximate surface area is 105 Å². The molecule has 1 amide bonds. The summed E-state index contributed by atoms with van der Waals surface area (Å²) in [6.45, 7) is 4.84. The predicted octanol–water partition coefficient (Wildman–Crippen LogP) is 1.03. The van der Waals surface area contributed by atoms with E-state index in [0.717, 1.165) is 0 Å². The second kappa shape index (κ2) is 7.11. The van der Waals surface area contributed by atoms with Crippen LogP contribution in [0.3, 0.4) is 0 Å². The van der Waals surface area contributed by atoms with Gasteiger partial charge < -0.3 is 15.1 Å². The van der Waals surface area contributed by atoms with Crippen LogP contribution >= 0.6 is 11.6 Å². The lowest BCUT2D eigenvalue weighted by molar-refractivity contribution is -0.119. The van der Waals surface area contributed by atoms with Crippen LogP contribution in [0, 0.1) is 5.92 Å². The molecule has 0 unspecified atom stereocenters. The second-order valence-corrected chi connectivity index (χ2v) is 4.37. The van der Waals surface area contributed by atoms with Gasteiger partial charge in [0, 0.05) is 18.8 Å². The lowest BCUT2D eigenvalue weighted by Crippen LogP contribution is -2.32. The third-order valence-electron chi connectivity index (χ3n) is 1.88. The number of anilines is 1. The first-order chi connectivity index (χ1) is 8.11. The van der Waals surface area contributed by atoms with Gasteiger partial charge in [0.1, 0.15) is 0 Å². The van der Waals surface area contributed by atoms with E-state index >= 15 is 0 Å². The average Bonchev–Trinajstić information content (AvgIpc) is 2.72. The molecule has 0 fully saturated rings. The number of alkyl halides is 1. The molecule has 1 aromatic heterocycles. The standard InChI is InChI=1S/C10H17ClN4O2/c1-7(2)5-12-8(16)6-13-10-15-14-9(17-10)3-4-11/h7H,3-6H2,1-2H3,(H,12,16)(H,13,15). The zero-order valence-corrected chi connectivity index (χ0v) is 10.8. The summed E-state index contributed by atoms with van der Waals surface area (Å²) in [6.07, 6.45) is 0.524. The Balaban J connectivity index is 2.26. The monoisotopic (exact) mass is 260 g/mol. The van der Waals surface area contributed by atoms with Gasteiger partial charge in [-0.2, -0.15) is 0 Å². The summed E-state index contributed by atoms with van der Waals surface area (Å²) in [7, 11) is 0. The Morgan fingerprint density at radius 1 is 1.47 bits per heavy atom. The normalized spacial score (nSPS) is 10.6. The number of aryl methyl sites for hydroxylation is 1. The quantitative estimate of drug-likeness (QED) is 0.716. The van der Waals surface area contributed by atoms with Gasteiger partial charge >= 0.3 is 6.01 Å². The van der Waals surface area contributed by atoms with E-state index in [1.807, 2.05) is 13.8 Å². The molecule has 0 aromatic carbocycles. The molecule has 0 saturated carbocycles. The van der Waals surface area contributed by atoms with Gasteiger partial charge in [0.25, 0.3) is 0 Å². The Morgan fingerprint density at radius 2 is 2.24 bits per heavy atom. The summed E-state index contributed by atoms with van der Waals surface area (Å²) in [6, 6.07) is 0.241.